The molecule has 0 aromatic carbocycles. The predicted octanol–water partition coefficient (Wildman–Crippen LogP) is 2.78. The van der Waals surface area contributed by atoms with E-state index >= 15 is 0 Å². The van der Waals surface area contributed by atoms with Crippen molar-refractivity contribution < 1.29 is 0 Å². The van der Waals surface area contributed by atoms with Gasteiger partial charge in [-0.15, -0.1) is 0 Å². The highest BCUT2D eigenvalue weighted by molar-refractivity contribution is 7.79. The molecule has 1 heterocycles. The molecule has 0 radical (unpaired) electrons. The molecular weight excluding hydrogens is 206 g/mol. The van der Waals surface area contributed by atoms with Crippen LogP contribution in [-0.4, -0.2) is 4.57 Å². The number of aromatic nitrogens is 1. The molecule has 82 valence electrons. The van der Waals surface area contributed by atoms with E-state index in [0.29, 0.717) is 11.8 Å². The van der Waals surface area contributed by atoms with Crippen molar-refractivity contribution in [3.8, 4) is 0 Å². The predicted molar refractivity (Wildman–Crippen MR) is 65.5 cm³/mol. The van der Waals surface area contributed by atoms with Crippen LogP contribution < -0.4 is 5.56 Å². The molecule has 2 nitrogen and oxygen atoms in total. The summed E-state index contributed by atoms with van der Waals surface area (Å²) in [4.78, 5) is 12.0. The fraction of sp³-hybridized carbons (Fsp3) is 0.583. The molecule has 1 aliphatic rings. The summed E-state index contributed by atoms with van der Waals surface area (Å²) in [6, 6.07) is 4.25. The minimum absolute atomic E-state index is 0.152. The van der Waals surface area contributed by atoms with Crippen molar-refractivity contribution in [1.29, 1.82) is 0 Å². The van der Waals surface area contributed by atoms with Gasteiger partial charge in [0, 0.05) is 23.6 Å². The molecule has 0 N–H and O–H groups in total. The molecule has 3 heteroatoms. The molecule has 1 aromatic rings. The van der Waals surface area contributed by atoms with Crippen LogP contribution in [0.3, 0.4) is 0 Å². The van der Waals surface area contributed by atoms with Gasteiger partial charge in [0.25, 0.3) is 5.56 Å². The Morgan fingerprint density at radius 1 is 1.33 bits per heavy atom. The van der Waals surface area contributed by atoms with Crippen molar-refractivity contribution >= 4 is 12.6 Å². The Morgan fingerprint density at radius 2 is 2.07 bits per heavy atom. The lowest BCUT2D eigenvalue weighted by Gasteiger charge is -2.24. The third-order valence-corrected chi connectivity index (χ3v) is 3.53. The Labute approximate surface area is 95.7 Å². The SMILES string of the molecule is O=c1c(CS)cccn1C1CCCCC1. The van der Waals surface area contributed by atoms with E-state index < -0.39 is 0 Å². The monoisotopic (exact) mass is 223 g/mol. The summed E-state index contributed by atoms with van der Waals surface area (Å²) < 4.78 is 1.91. The first-order valence-electron chi connectivity index (χ1n) is 5.64. The fourth-order valence-corrected chi connectivity index (χ4v) is 2.56. The van der Waals surface area contributed by atoms with Crippen molar-refractivity contribution in [2.45, 2.75) is 43.9 Å². The van der Waals surface area contributed by atoms with Gasteiger partial charge in [0.15, 0.2) is 0 Å². The second-order valence-corrected chi connectivity index (χ2v) is 4.51. The molecule has 1 aliphatic carbocycles. The summed E-state index contributed by atoms with van der Waals surface area (Å²) in [6.07, 6.45) is 8.04. The largest absolute Gasteiger partial charge is 0.312 e. The third-order valence-electron chi connectivity index (χ3n) is 3.19. The molecular formula is C12H17NOS. The van der Waals surface area contributed by atoms with E-state index in [-0.39, 0.29) is 5.56 Å². The van der Waals surface area contributed by atoms with Crippen LogP contribution in [0.25, 0.3) is 0 Å². The van der Waals surface area contributed by atoms with E-state index in [1.165, 1.54) is 19.3 Å². The quantitative estimate of drug-likeness (QED) is 0.765. The molecule has 2 rings (SSSR count). The lowest BCUT2D eigenvalue weighted by molar-refractivity contribution is 0.345. The molecule has 1 fully saturated rings. The molecule has 1 saturated carbocycles. The summed E-state index contributed by atoms with van der Waals surface area (Å²) in [5.74, 6) is 0.534. The zero-order chi connectivity index (χ0) is 10.7. The van der Waals surface area contributed by atoms with Crippen molar-refractivity contribution in [2.75, 3.05) is 0 Å². The van der Waals surface area contributed by atoms with E-state index in [4.69, 9.17) is 0 Å². The number of thiol groups is 1. The van der Waals surface area contributed by atoms with Crippen LogP contribution in [0.1, 0.15) is 43.7 Å². The van der Waals surface area contributed by atoms with Crippen molar-refractivity contribution in [2.24, 2.45) is 0 Å². The Hall–Kier alpha value is -0.700. The highest BCUT2D eigenvalue weighted by Gasteiger charge is 2.16. The normalized spacial score (nSPS) is 17.9. The molecule has 0 bridgehead atoms. The minimum Gasteiger partial charge on any atom is -0.312 e. The number of rotatable bonds is 2. The van der Waals surface area contributed by atoms with E-state index in [1.54, 1.807) is 0 Å². The van der Waals surface area contributed by atoms with E-state index in [1.807, 2.05) is 22.9 Å². The Bertz CT molecular complexity index is 379. The molecule has 0 spiro atoms. The van der Waals surface area contributed by atoms with Gasteiger partial charge in [-0.1, -0.05) is 25.3 Å². The minimum atomic E-state index is 0.152. The van der Waals surface area contributed by atoms with Gasteiger partial charge in [-0.25, -0.2) is 0 Å². The van der Waals surface area contributed by atoms with Crippen molar-refractivity contribution in [1.82, 2.24) is 4.57 Å². The standard InChI is InChI=1S/C12H17NOS/c14-12-10(9-15)5-4-8-13(12)11-6-2-1-3-7-11/h4-5,8,11,15H,1-3,6-7,9H2. The zero-order valence-corrected chi connectivity index (χ0v) is 9.75. The van der Waals surface area contributed by atoms with Crippen LogP contribution in [0.5, 0.6) is 0 Å². The van der Waals surface area contributed by atoms with E-state index in [2.05, 4.69) is 12.6 Å². The third kappa shape index (κ3) is 2.28. The molecule has 1 aromatic heterocycles. The summed E-state index contributed by atoms with van der Waals surface area (Å²) >= 11 is 4.18. The fourth-order valence-electron chi connectivity index (χ4n) is 2.32. The first kappa shape index (κ1) is 10.8. The lowest BCUT2D eigenvalue weighted by atomic mass is 9.95. The lowest BCUT2D eigenvalue weighted by Crippen LogP contribution is -2.27. The van der Waals surface area contributed by atoms with Crippen molar-refractivity contribution in [3.63, 3.8) is 0 Å². The van der Waals surface area contributed by atoms with Crippen molar-refractivity contribution in [3.05, 3.63) is 34.2 Å². The Morgan fingerprint density at radius 3 is 2.73 bits per heavy atom. The van der Waals surface area contributed by atoms with Gasteiger partial charge in [-0.3, -0.25) is 4.79 Å². The van der Waals surface area contributed by atoms with Crippen LogP contribution in [0, 0.1) is 0 Å². The van der Waals surface area contributed by atoms with Gasteiger partial charge < -0.3 is 4.57 Å². The van der Waals surface area contributed by atoms with E-state index in [0.717, 1.165) is 18.4 Å². The van der Waals surface area contributed by atoms with Gasteiger partial charge in [0.05, 0.1) is 0 Å². The smallest absolute Gasteiger partial charge is 0.254 e. The topological polar surface area (TPSA) is 22.0 Å². The average molecular weight is 223 g/mol. The Balaban J connectivity index is 2.30. The summed E-state index contributed by atoms with van der Waals surface area (Å²) in [7, 11) is 0. The number of hydrogen-bond donors (Lipinski definition) is 1. The second-order valence-electron chi connectivity index (χ2n) is 4.20. The maximum Gasteiger partial charge on any atom is 0.254 e. The molecule has 0 unspecified atom stereocenters. The summed E-state index contributed by atoms with van der Waals surface area (Å²) in [6.45, 7) is 0. The number of hydrogen-bond acceptors (Lipinski definition) is 2. The Kier molecular flexibility index (Phi) is 3.52. The molecule has 0 amide bonds. The van der Waals surface area contributed by atoms with Gasteiger partial charge in [0.1, 0.15) is 0 Å². The molecule has 0 atom stereocenters. The maximum atomic E-state index is 12.0. The molecule has 15 heavy (non-hydrogen) atoms. The van der Waals surface area contributed by atoms with Crippen LogP contribution in [-0.2, 0) is 5.75 Å². The maximum absolute atomic E-state index is 12.0. The van der Waals surface area contributed by atoms with E-state index in [9.17, 15) is 4.79 Å². The zero-order valence-electron chi connectivity index (χ0n) is 8.85. The second kappa shape index (κ2) is 4.88. The first-order valence-corrected chi connectivity index (χ1v) is 6.27. The number of pyridine rings is 1. The summed E-state index contributed by atoms with van der Waals surface area (Å²) in [5.41, 5.74) is 0.964. The van der Waals surface area contributed by atoms with Gasteiger partial charge in [0.2, 0.25) is 0 Å². The van der Waals surface area contributed by atoms with Crippen LogP contribution in [0.15, 0.2) is 23.1 Å². The molecule has 0 saturated heterocycles. The molecule has 0 aliphatic heterocycles. The highest BCUT2D eigenvalue weighted by atomic mass is 32.1. The average Bonchev–Trinajstić information content (AvgIpc) is 2.30. The van der Waals surface area contributed by atoms with Gasteiger partial charge in [-0.05, 0) is 18.9 Å². The van der Waals surface area contributed by atoms with Gasteiger partial charge >= 0.3 is 0 Å². The number of nitrogens with zero attached hydrogens (tertiary/aromatic N) is 1. The first-order chi connectivity index (χ1) is 7.33. The van der Waals surface area contributed by atoms with Crippen LogP contribution in [0.2, 0.25) is 0 Å². The highest BCUT2D eigenvalue weighted by Crippen LogP contribution is 2.26. The summed E-state index contributed by atoms with van der Waals surface area (Å²) in [5, 5.41) is 0. The van der Waals surface area contributed by atoms with Gasteiger partial charge in [-0.2, -0.15) is 12.6 Å². The van der Waals surface area contributed by atoms with Crippen LogP contribution >= 0.6 is 12.6 Å². The van der Waals surface area contributed by atoms with Crippen LogP contribution in [0.4, 0.5) is 0 Å².